The molecule has 0 bridgehead atoms. The fourth-order valence-corrected chi connectivity index (χ4v) is 2.96. The fraction of sp³-hybridized carbons (Fsp3) is 0.0435. The van der Waals surface area contributed by atoms with Crippen molar-refractivity contribution in [3.8, 4) is 45.7 Å². The predicted molar refractivity (Wildman–Crippen MR) is 111 cm³/mol. The summed E-state index contributed by atoms with van der Waals surface area (Å²) in [5.41, 5.74) is 1.91. The predicted octanol–water partition coefficient (Wildman–Crippen LogP) is 4.07. The molecule has 0 radical (unpaired) electrons. The Hall–Kier alpha value is -4.26. The summed E-state index contributed by atoms with van der Waals surface area (Å²) in [5.74, 6) is 0.112. The molecule has 0 aliphatic rings. The van der Waals surface area contributed by atoms with Gasteiger partial charge < -0.3 is 14.9 Å². The van der Waals surface area contributed by atoms with Crippen LogP contribution in [0.1, 0.15) is 10.4 Å². The van der Waals surface area contributed by atoms with Crippen LogP contribution in [-0.4, -0.2) is 38.2 Å². The Kier molecular flexibility index (Phi) is 5.09. The molecule has 0 amide bonds. The zero-order valence-electron chi connectivity index (χ0n) is 16.0. The molecular formula is C23H17N3O4. The molecule has 0 spiro atoms. The number of phenolic OH excluding ortho intramolecular Hbond substituents is 2. The lowest BCUT2D eigenvalue weighted by atomic mass is 10.1. The van der Waals surface area contributed by atoms with Crippen LogP contribution in [0.4, 0.5) is 0 Å². The summed E-state index contributed by atoms with van der Waals surface area (Å²) in [6.07, 6.45) is 0. The Labute approximate surface area is 172 Å². The number of nitrogens with zero attached hydrogens (tertiary/aromatic N) is 3. The lowest BCUT2D eigenvalue weighted by molar-refractivity contribution is 0.0600. The van der Waals surface area contributed by atoms with Crippen molar-refractivity contribution in [3.05, 3.63) is 78.4 Å². The zero-order valence-corrected chi connectivity index (χ0v) is 16.0. The van der Waals surface area contributed by atoms with Gasteiger partial charge in [-0.2, -0.15) is 0 Å². The van der Waals surface area contributed by atoms with Crippen molar-refractivity contribution in [1.29, 1.82) is 0 Å². The van der Waals surface area contributed by atoms with Gasteiger partial charge in [0.05, 0.1) is 12.7 Å². The van der Waals surface area contributed by atoms with Gasteiger partial charge in [0.2, 0.25) is 0 Å². The third-order valence-corrected chi connectivity index (χ3v) is 4.48. The van der Waals surface area contributed by atoms with Gasteiger partial charge in [0, 0.05) is 11.1 Å². The van der Waals surface area contributed by atoms with Crippen molar-refractivity contribution in [2.24, 2.45) is 0 Å². The number of benzene rings is 3. The molecule has 2 N–H and O–H groups in total. The number of phenols is 2. The van der Waals surface area contributed by atoms with Gasteiger partial charge in [0.1, 0.15) is 17.1 Å². The second kappa shape index (κ2) is 8.00. The maximum Gasteiger partial charge on any atom is 0.337 e. The molecule has 0 saturated heterocycles. The maximum absolute atomic E-state index is 11.7. The highest BCUT2D eigenvalue weighted by Gasteiger charge is 2.17. The van der Waals surface area contributed by atoms with Crippen molar-refractivity contribution in [2.45, 2.75) is 0 Å². The molecule has 0 fully saturated rings. The van der Waals surface area contributed by atoms with E-state index in [1.54, 1.807) is 24.3 Å². The van der Waals surface area contributed by atoms with Crippen LogP contribution < -0.4 is 0 Å². The number of aromatic nitrogens is 3. The molecule has 7 nitrogen and oxygen atoms in total. The number of methoxy groups -OCH3 is 1. The zero-order chi connectivity index (χ0) is 21.1. The van der Waals surface area contributed by atoms with Crippen LogP contribution in [0.5, 0.6) is 11.5 Å². The van der Waals surface area contributed by atoms with E-state index >= 15 is 0 Å². The minimum atomic E-state index is -0.443. The lowest BCUT2D eigenvalue weighted by Gasteiger charge is -2.10. The van der Waals surface area contributed by atoms with E-state index in [-0.39, 0.29) is 22.9 Å². The van der Waals surface area contributed by atoms with E-state index in [1.165, 1.54) is 25.3 Å². The molecular weight excluding hydrogens is 382 g/mol. The number of hydrogen-bond donors (Lipinski definition) is 2. The Morgan fingerprint density at radius 3 is 1.80 bits per heavy atom. The minimum Gasteiger partial charge on any atom is -0.507 e. The molecule has 1 heterocycles. The highest BCUT2D eigenvalue weighted by Crippen LogP contribution is 2.36. The number of carbonyl (C=O) groups is 1. The van der Waals surface area contributed by atoms with E-state index in [0.717, 1.165) is 5.56 Å². The smallest absolute Gasteiger partial charge is 0.337 e. The molecule has 1 aromatic heterocycles. The van der Waals surface area contributed by atoms with Gasteiger partial charge in [-0.15, -0.1) is 0 Å². The van der Waals surface area contributed by atoms with Gasteiger partial charge in [-0.05, 0) is 24.3 Å². The van der Waals surface area contributed by atoms with Crippen LogP contribution in [0, 0.1) is 0 Å². The highest BCUT2D eigenvalue weighted by atomic mass is 16.5. The molecule has 0 saturated carbocycles. The Bertz CT molecular complexity index is 1190. The summed E-state index contributed by atoms with van der Waals surface area (Å²) in [4.78, 5) is 25.2. The summed E-state index contributed by atoms with van der Waals surface area (Å²) in [6, 6.07) is 20.4. The SMILES string of the molecule is COC(=O)c1ccc(-c2nc(-c3ccccc3)nc(-c3c(O)cccc3O)n2)cc1. The van der Waals surface area contributed by atoms with Crippen molar-refractivity contribution in [3.63, 3.8) is 0 Å². The first-order valence-corrected chi connectivity index (χ1v) is 9.08. The van der Waals surface area contributed by atoms with Gasteiger partial charge in [0.25, 0.3) is 0 Å². The quantitative estimate of drug-likeness (QED) is 0.498. The summed E-state index contributed by atoms with van der Waals surface area (Å²) < 4.78 is 4.73. The molecule has 3 aromatic carbocycles. The van der Waals surface area contributed by atoms with Crippen molar-refractivity contribution in [2.75, 3.05) is 7.11 Å². The molecule has 148 valence electrons. The van der Waals surface area contributed by atoms with Crippen LogP contribution in [0.3, 0.4) is 0 Å². The first-order chi connectivity index (χ1) is 14.6. The molecule has 4 aromatic rings. The second-order valence-electron chi connectivity index (χ2n) is 6.41. The number of rotatable bonds is 4. The molecule has 30 heavy (non-hydrogen) atoms. The molecule has 0 unspecified atom stereocenters. The molecule has 4 rings (SSSR count). The number of carbonyl (C=O) groups excluding carboxylic acids is 1. The second-order valence-corrected chi connectivity index (χ2v) is 6.41. The summed E-state index contributed by atoms with van der Waals surface area (Å²) in [6.45, 7) is 0. The number of ether oxygens (including phenoxy) is 1. The molecule has 0 aliphatic carbocycles. The summed E-state index contributed by atoms with van der Waals surface area (Å²) >= 11 is 0. The third-order valence-electron chi connectivity index (χ3n) is 4.48. The Balaban J connectivity index is 1.89. The van der Waals surface area contributed by atoms with Crippen molar-refractivity contribution >= 4 is 5.97 Å². The van der Waals surface area contributed by atoms with Gasteiger partial charge >= 0.3 is 5.97 Å². The number of aromatic hydroxyl groups is 2. The van der Waals surface area contributed by atoms with Crippen molar-refractivity contribution < 1.29 is 19.7 Å². The van der Waals surface area contributed by atoms with E-state index in [4.69, 9.17) is 4.74 Å². The summed E-state index contributed by atoms with van der Waals surface area (Å²) in [7, 11) is 1.32. The lowest BCUT2D eigenvalue weighted by Crippen LogP contribution is -2.02. The van der Waals surface area contributed by atoms with E-state index in [2.05, 4.69) is 15.0 Å². The van der Waals surface area contributed by atoms with Crippen LogP contribution in [0.2, 0.25) is 0 Å². The van der Waals surface area contributed by atoms with Gasteiger partial charge in [-0.3, -0.25) is 0 Å². The first kappa shape index (κ1) is 19.1. The van der Waals surface area contributed by atoms with E-state index in [1.807, 2.05) is 30.3 Å². The fourth-order valence-electron chi connectivity index (χ4n) is 2.96. The highest BCUT2D eigenvalue weighted by molar-refractivity contribution is 5.89. The molecule has 7 heteroatoms. The number of hydrogen-bond acceptors (Lipinski definition) is 7. The van der Waals surface area contributed by atoms with Crippen LogP contribution in [-0.2, 0) is 4.74 Å². The van der Waals surface area contributed by atoms with Crippen molar-refractivity contribution in [1.82, 2.24) is 15.0 Å². The molecule has 0 aliphatic heterocycles. The molecule has 0 atom stereocenters. The number of esters is 1. The average molecular weight is 399 g/mol. The monoisotopic (exact) mass is 399 g/mol. The van der Waals surface area contributed by atoms with Crippen LogP contribution in [0.25, 0.3) is 34.2 Å². The third kappa shape index (κ3) is 3.68. The topological polar surface area (TPSA) is 105 Å². The maximum atomic E-state index is 11.7. The van der Waals surface area contributed by atoms with Gasteiger partial charge in [-0.25, -0.2) is 19.7 Å². The van der Waals surface area contributed by atoms with E-state index < -0.39 is 5.97 Å². The minimum absolute atomic E-state index is 0.115. The van der Waals surface area contributed by atoms with Gasteiger partial charge in [0.15, 0.2) is 17.5 Å². The van der Waals surface area contributed by atoms with Gasteiger partial charge in [-0.1, -0.05) is 48.5 Å². The average Bonchev–Trinajstić information content (AvgIpc) is 2.79. The first-order valence-electron chi connectivity index (χ1n) is 9.08. The largest absolute Gasteiger partial charge is 0.507 e. The van der Waals surface area contributed by atoms with E-state index in [0.29, 0.717) is 22.8 Å². The standard InChI is InChI=1S/C23H17N3O4/c1-30-23(29)16-12-10-15(11-13-16)21-24-20(14-6-3-2-4-7-14)25-22(26-21)19-17(27)8-5-9-18(19)28/h2-13,27-28H,1H3. The Morgan fingerprint density at radius 2 is 1.23 bits per heavy atom. The summed E-state index contributed by atoms with van der Waals surface area (Å²) in [5, 5.41) is 20.6. The van der Waals surface area contributed by atoms with Crippen LogP contribution >= 0.6 is 0 Å². The Morgan fingerprint density at radius 1 is 0.700 bits per heavy atom. The van der Waals surface area contributed by atoms with Crippen LogP contribution in [0.15, 0.2) is 72.8 Å². The van der Waals surface area contributed by atoms with E-state index in [9.17, 15) is 15.0 Å². The normalized spacial score (nSPS) is 10.6.